The molecule has 1 atom stereocenters. The lowest BCUT2D eigenvalue weighted by Crippen LogP contribution is -2.53. The van der Waals surface area contributed by atoms with E-state index in [0.717, 1.165) is 27.9 Å². The first-order valence-electron chi connectivity index (χ1n) is 14.2. The van der Waals surface area contributed by atoms with Crippen molar-refractivity contribution in [1.82, 2.24) is 10.3 Å². The number of carbonyl (C=O) groups excluding carboxylic acids is 2. The molecule has 1 fully saturated rings. The van der Waals surface area contributed by atoms with Crippen LogP contribution in [0.5, 0.6) is 0 Å². The number of rotatable bonds is 7. The van der Waals surface area contributed by atoms with Crippen LogP contribution in [0.3, 0.4) is 0 Å². The predicted molar refractivity (Wildman–Crippen MR) is 182 cm³/mol. The van der Waals surface area contributed by atoms with Crippen molar-refractivity contribution in [3.05, 3.63) is 100 Å². The van der Waals surface area contributed by atoms with E-state index in [9.17, 15) is 14.0 Å². The average Bonchev–Trinajstić information content (AvgIpc) is 2.98. The van der Waals surface area contributed by atoms with Gasteiger partial charge in [0.15, 0.2) is 0 Å². The normalized spacial score (nSPS) is 16.2. The largest absolute Gasteiger partial charge is 0.360 e. The maximum Gasteiger partial charge on any atom is 0.259 e. The minimum atomic E-state index is -0.660. The highest BCUT2D eigenvalue weighted by Crippen LogP contribution is 2.33. The molecule has 7 nitrogen and oxygen atoms in total. The summed E-state index contributed by atoms with van der Waals surface area (Å²) in [6.07, 6.45) is 8.08. The number of amides is 2. The number of amidine groups is 1. The Kier molecular flexibility index (Phi) is 14.0. The van der Waals surface area contributed by atoms with Crippen molar-refractivity contribution in [3.8, 4) is 0 Å². The number of anilines is 1. The van der Waals surface area contributed by atoms with E-state index in [2.05, 4.69) is 29.3 Å². The van der Waals surface area contributed by atoms with Crippen LogP contribution in [0.1, 0.15) is 18.4 Å². The lowest BCUT2D eigenvalue weighted by molar-refractivity contribution is -0.126. The Balaban J connectivity index is 0.000000285. The third kappa shape index (κ3) is 12.5. The molecule has 5 rings (SSSR count). The Hall–Kier alpha value is -3.11. The van der Waals surface area contributed by atoms with Crippen molar-refractivity contribution < 1.29 is 18.7 Å². The van der Waals surface area contributed by atoms with Gasteiger partial charge in [0.05, 0.1) is 19.1 Å². The molecule has 2 heterocycles. The number of hydrogen-bond donors (Lipinski definition) is 1. The zero-order valence-corrected chi connectivity index (χ0v) is 28.0. The summed E-state index contributed by atoms with van der Waals surface area (Å²) in [6.45, 7) is 3.45. The van der Waals surface area contributed by atoms with Crippen LogP contribution in [0.15, 0.2) is 84.0 Å². The standard InChI is InChI=1S/C20H29ClN4O3S.C7H7F.C6H5Cl/c1-29(2,3)10-9-28-14-25(17-6-4-5-16(21)11-17)20(27)15-7-8-18-22-23-19(26)13-24(18)12-15;1-6-2-4-7(8)5-3-6;7-6-4-2-1-3-5-6/h4-6,11,15H,7-10,12-14H2,1-3H3,(H,23,26);2-5H,1H3;1-5H. The number of aryl methyl sites for hydroxylation is 1. The molecule has 0 aliphatic carbocycles. The lowest BCUT2D eigenvalue weighted by Gasteiger charge is -2.37. The molecule has 3 aromatic rings. The Labute approximate surface area is 271 Å². The number of nitrogens with zero attached hydrogens (tertiary/aromatic N) is 3. The van der Waals surface area contributed by atoms with Crippen molar-refractivity contribution in [2.24, 2.45) is 11.0 Å². The van der Waals surface area contributed by atoms with Crippen molar-refractivity contribution >= 4 is 56.6 Å². The molecule has 2 amide bonds. The van der Waals surface area contributed by atoms with Crippen LogP contribution in [0.25, 0.3) is 0 Å². The maximum atomic E-state index is 13.4. The van der Waals surface area contributed by atoms with Gasteiger partial charge in [-0.3, -0.25) is 14.5 Å². The van der Waals surface area contributed by atoms with E-state index >= 15 is 0 Å². The summed E-state index contributed by atoms with van der Waals surface area (Å²) >= 11 is 11.7. The molecule has 0 aromatic heterocycles. The number of carbonyl (C=O) groups is 2. The van der Waals surface area contributed by atoms with E-state index < -0.39 is 10.0 Å². The van der Waals surface area contributed by atoms with Crippen LogP contribution in [-0.4, -0.2) is 73.5 Å². The molecule has 0 radical (unpaired) electrons. The van der Waals surface area contributed by atoms with Crippen molar-refractivity contribution in [2.45, 2.75) is 19.8 Å². The van der Waals surface area contributed by atoms with Crippen LogP contribution in [-0.2, 0) is 14.3 Å². The van der Waals surface area contributed by atoms with Gasteiger partial charge in [0.1, 0.15) is 18.4 Å². The summed E-state index contributed by atoms with van der Waals surface area (Å²) in [6, 6.07) is 23.1. The minimum Gasteiger partial charge on any atom is -0.360 e. The van der Waals surface area contributed by atoms with Gasteiger partial charge < -0.3 is 9.64 Å². The molecule has 1 N–H and O–H groups in total. The van der Waals surface area contributed by atoms with E-state index in [-0.39, 0.29) is 36.8 Å². The smallest absolute Gasteiger partial charge is 0.259 e. The summed E-state index contributed by atoms with van der Waals surface area (Å²) in [5, 5.41) is 5.47. The fourth-order valence-electron chi connectivity index (χ4n) is 4.29. The molecule has 44 heavy (non-hydrogen) atoms. The van der Waals surface area contributed by atoms with Crippen molar-refractivity contribution in [2.75, 3.05) is 55.8 Å². The molecule has 11 heteroatoms. The third-order valence-electron chi connectivity index (χ3n) is 6.71. The molecule has 1 unspecified atom stereocenters. The number of hydrogen-bond acceptors (Lipinski definition) is 5. The highest BCUT2D eigenvalue weighted by molar-refractivity contribution is 8.32. The predicted octanol–water partition coefficient (Wildman–Crippen LogP) is 6.97. The van der Waals surface area contributed by atoms with E-state index in [1.165, 1.54) is 12.1 Å². The van der Waals surface area contributed by atoms with Gasteiger partial charge in [-0.25, -0.2) is 19.8 Å². The first-order chi connectivity index (χ1) is 20.9. The molecule has 3 aromatic carbocycles. The van der Waals surface area contributed by atoms with Gasteiger partial charge in [0.2, 0.25) is 5.91 Å². The van der Waals surface area contributed by atoms with Crippen LogP contribution in [0.2, 0.25) is 10.0 Å². The Morgan fingerprint density at radius 1 is 1.05 bits per heavy atom. The summed E-state index contributed by atoms with van der Waals surface area (Å²) < 4.78 is 18.0. The summed E-state index contributed by atoms with van der Waals surface area (Å²) in [5.41, 5.74) is 4.32. The summed E-state index contributed by atoms with van der Waals surface area (Å²) in [4.78, 5) is 28.6. The second-order valence-electron chi connectivity index (χ2n) is 11.3. The highest BCUT2D eigenvalue weighted by Gasteiger charge is 2.34. The maximum absolute atomic E-state index is 13.4. The van der Waals surface area contributed by atoms with Gasteiger partial charge in [-0.05, 0) is 74.6 Å². The van der Waals surface area contributed by atoms with Gasteiger partial charge >= 0.3 is 0 Å². The Morgan fingerprint density at radius 3 is 2.32 bits per heavy atom. The zero-order valence-electron chi connectivity index (χ0n) is 25.6. The van der Waals surface area contributed by atoms with Gasteiger partial charge in [-0.1, -0.05) is 65.2 Å². The molecule has 0 bridgehead atoms. The van der Waals surface area contributed by atoms with Gasteiger partial charge in [0.25, 0.3) is 5.91 Å². The number of halogens is 3. The summed E-state index contributed by atoms with van der Waals surface area (Å²) in [5.74, 6) is 1.26. The molecular formula is C33H41Cl2FN4O3S. The first kappa shape index (κ1) is 35.4. The molecule has 0 saturated carbocycles. The fraction of sp³-hybridized carbons (Fsp3) is 0.364. The number of nitrogens with one attached hydrogen (secondary N) is 1. The fourth-order valence-corrected chi connectivity index (χ4v) is 5.23. The second-order valence-corrected chi connectivity index (χ2v) is 16.8. The van der Waals surface area contributed by atoms with E-state index in [0.29, 0.717) is 31.0 Å². The van der Waals surface area contributed by atoms with Crippen molar-refractivity contribution in [3.63, 3.8) is 0 Å². The Bertz CT molecular complexity index is 1370. The molecule has 0 spiro atoms. The average molecular weight is 664 g/mol. The Morgan fingerprint density at radius 2 is 1.73 bits per heavy atom. The van der Waals surface area contributed by atoms with Gasteiger partial charge in [-0.2, -0.15) is 5.10 Å². The number of benzene rings is 3. The monoisotopic (exact) mass is 662 g/mol. The van der Waals surface area contributed by atoms with Crippen molar-refractivity contribution in [1.29, 1.82) is 0 Å². The summed E-state index contributed by atoms with van der Waals surface area (Å²) in [7, 11) is -0.660. The highest BCUT2D eigenvalue weighted by atomic mass is 35.5. The zero-order chi connectivity index (χ0) is 32.1. The lowest BCUT2D eigenvalue weighted by atomic mass is 9.95. The minimum absolute atomic E-state index is 0.0135. The first-order valence-corrected chi connectivity index (χ1v) is 18.0. The van der Waals surface area contributed by atoms with E-state index in [1.54, 1.807) is 29.2 Å². The molecular weight excluding hydrogens is 622 g/mol. The molecule has 2 aliphatic heterocycles. The van der Waals surface area contributed by atoms with Crippen LogP contribution in [0.4, 0.5) is 10.1 Å². The van der Waals surface area contributed by atoms with Crippen LogP contribution in [0, 0.1) is 18.7 Å². The number of hydrazone groups is 1. The number of piperidine rings is 1. The van der Waals surface area contributed by atoms with E-state index in [4.69, 9.17) is 27.9 Å². The SMILES string of the molecule is CS(C)(C)CCOCN(C(=O)C1CCC2=NNC(=O)CN2C1)c1cccc(Cl)c1.Cc1ccc(F)cc1.Clc1ccccc1. The topological polar surface area (TPSA) is 74.2 Å². The van der Waals surface area contributed by atoms with Crippen LogP contribution < -0.4 is 10.3 Å². The van der Waals surface area contributed by atoms with Crippen LogP contribution >= 0.6 is 33.2 Å². The quantitative estimate of drug-likeness (QED) is 0.219. The van der Waals surface area contributed by atoms with E-state index in [1.807, 2.05) is 54.3 Å². The molecule has 238 valence electrons. The van der Waals surface area contributed by atoms with Gasteiger partial charge in [-0.15, -0.1) is 0 Å². The molecule has 2 aliphatic rings. The number of ether oxygens (including phenoxy) is 1. The second kappa shape index (κ2) is 17.4. The third-order valence-corrected chi connectivity index (χ3v) is 8.58. The molecule has 1 saturated heterocycles. The van der Waals surface area contributed by atoms with Gasteiger partial charge in [0, 0.05) is 34.5 Å². The number of fused-ring (bicyclic) bond motifs is 1.